The number of hydrogen-bond acceptors (Lipinski definition) is 3. The molecule has 0 aliphatic carbocycles. The topological polar surface area (TPSA) is 48.0 Å². The first-order chi connectivity index (χ1) is 6.77. The molecule has 0 amide bonds. The normalized spacial score (nSPS) is 10.4. The zero-order valence-electron chi connectivity index (χ0n) is 7.80. The quantitative estimate of drug-likeness (QED) is 0.714. The minimum atomic E-state index is -0.0614. The van der Waals surface area contributed by atoms with Gasteiger partial charge in [0.05, 0.1) is 19.1 Å². The molecule has 2 aromatic rings. The monoisotopic (exact) mass is 190 g/mol. The van der Waals surface area contributed by atoms with Crippen LogP contribution in [-0.2, 0) is 6.54 Å². The summed E-state index contributed by atoms with van der Waals surface area (Å²) in [6, 6.07) is 1.84. The van der Waals surface area contributed by atoms with Crippen molar-refractivity contribution >= 4 is 0 Å². The van der Waals surface area contributed by atoms with Crippen LogP contribution < -0.4 is 5.56 Å². The van der Waals surface area contributed by atoms with Crippen molar-refractivity contribution in [2.45, 2.75) is 13.5 Å². The summed E-state index contributed by atoms with van der Waals surface area (Å²) < 4.78 is 6.53. The summed E-state index contributed by atoms with van der Waals surface area (Å²) in [5, 5.41) is 0. The summed E-state index contributed by atoms with van der Waals surface area (Å²) in [6.45, 7) is 2.23. The second-order valence-corrected chi connectivity index (χ2v) is 3.08. The summed E-state index contributed by atoms with van der Waals surface area (Å²) in [5.41, 5.74) is 1.42. The van der Waals surface area contributed by atoms with Gasteiger partial charge in [0.1, 0.15) is 5.69 Å². The molecule has 0 N–H and O–H groups in total. The van der Waals surface area contributed by atoms with Crippen LogP contribution in [0.1, 0.15) is 11.3 Å². The van der Waals surface area contributed by atoms with Crippen molar-refractivity contribution in [3.05, 3.63) is 52.6 Å². The Hall–Kier alpha value is -1.84. The van der Waals surface area contributed by atoms with E-state index in [2.05, 4.69) is 4.98 Å². The standard InChI is InChI=1S/C10H10N2O2/c1-8-10(13)12(4-3-11-8)6-9-2-5-14-7-9/h2-5,7H,6H2,1H3. The Labute approximate surface area is 80.8 Å². The zero-order chi connectivity index (χ0) is 9.97. The maximum Gasteiger partial charge on any atom is 0.272 e. The molecule has 0 fully saturated rings. The van der Waals surface area contributed by atoms with Crippen molar-refractivity contribution in [3.63, 3.8) is 0 Å². The lowest BCUT2D eigenvalue weighted by atomic mass is 10.3. The van der Waals surface area contributed by atoms with Gasteiger partial charge in [0.25, 0.3) is 5.56 Å². The summed E-state index contributed by atoms with van der Waals surface area (Å²) in [5.74, 6) is 0. The fourth-order valence-electron chi connectivity index (χ4n) is 1.26. The molecular weight excluding hydrogens is 180 g/mol. The van der Waals surface area contributed by atoms with Crippen LogP contribution in [-0.4, -0.2) is 9.55 Å². The Balaban J connectivity index is 2.34. The molecule has 2 heterocycles. The SMILES string of the molecule is Cc1nccn(Cc2ccoc2)c1=O. The van der Waals surface area contributed by atoms with Gasteiger partial charge < -0.3 is 8.98 Å². The number of aromatic nitrogens is 2. The first-order valence-electron chi connectivity index (χ1n) is 4.30. The van der Waals surface area contributed by atoms with E-state index in [1.54, 1.807) is 36.4 Å². The highest BCUT2D eigenvalue weighted by Crippen LogP contribution is 2.01. The third kappa shape index (κ3) is 1.59. The fraction of sp³-hybridized carbons (Fsp3) is 0.200. The summed E-state index contributed by atoms with van der Waals surface area (Å²) >= 11 is 0. The van der Waals surface area contributed by atoms with E-state index in [0.29, 0.717) is 12.2 Å². The predicted molar refractivity (Wildman–Crippen MR) is 51.0 cm³/mol. The van der Waals surface area contributed by atoms with Crippen LogP contribution in [0, 0.1) is 6.92 Å². The van der Waals surface area contributed by atoms with E-state index >= 15 is 0 Å². The van der Waals surface area contributed by atoms with Crippen molar-refractivity contribution in [2.75, 3.05) is 0 Å². The third-order valence-electron chi connectivity index (χ3n) is 2.02. The van der Waals surface area contributed by atoms with Crippen LogP contribution >= 0.6 is 0 Å². The molecule has 0 atom stereocenters. The highest BCUT2D eigenvalue weighted by atomic mass is 16.3. The highest BCUT2D eigenvalue weighted by Gasteiger charge is 2.01. The van der Waals surface area contributed by atoms with E-state index in [4.69, 9.17) is 4.42 Å². The Morgan fingerprint density at radius 1 is 1.57 bits per heavy atom. The molecule has 72 valence electrons. The highest BCUT2D eigenvalue weighted by molar-refractivity contribution is 5.07. The lowest BCUT2D eigenvalue weighted by Gasteiger charge is -2.02. The van der Waals surface area contributed by atoms with Gasteiger partial charge in [0, 0.05) is 18.0 Å². The summed E-state index contributed by atoms with van der Waals surface area (Å²) in [6.07, 6.45) is 6.51. The number of hydrogen-bond donors (Lipinski definition) is 0. The summed E-state index contributed by atoms with van der Waals surface area (Å²) in [7, 11) is 0. The van der Waals surface area contributed by atoms with E-state index in [9.17, 15) is 4.79 Å². The Morgan fingerprint density at radius 2 is 2.43 bits per heavy atom. The molecule has 0 aliphatic heterocycles. The molecule has 0 saturated heterocycles. The molecular formula is C10H10N2O2. The van der Waals surface area contributed by atoms with E-state index in [0.717, 1.165) is 5.56 Å². The first kappa shape index (κ1) is 8.74. The van der Waals surface area contributed by atoms with E-state index in [-0.39, 0.29) is 5.56 Å². The number of nitrogens with zero attached hydrogens (tertiary/aromatic N) is 2. The van der Waals surface area contributed by atoms with E-state index < -0.39 is 0 Å². The second kappa shape index (κ2) is 3.49. The molecule has 0 spiro atoms. The lowest BCUT2D eigenvalue weighted by molar-refractivity contribution is 0.561. The maximum absolute atomic E-state index is 11.6. The molecule has 4 nitrogen and oxygen atoms in total. The Bertz CT molecular complexity index is 471. The van der Waals surface area contributed by atoms with Gasteiger partial charge in [-0.2, -0.15) is 0 Å². The Morgan fingerprint density at radius 3 is 3.14 bits per heavy atom. The predicted octanol–water partition coefficient (Wildman–Crippen LogP) is 1.19. The van der Waals surface area contributed by atoms with Gasteiger partial charge in [-0.1, -0.05) is 0 Å². The van der Waals surface area contributed by atoms with Gasteiger partial charge in [-0.15, -0.1) is 0 Å². The molecule has 0 bridgehead atoms. The average molecular weight is 190 g/mol. The molecule has 0 unspecified atom stereocenters. The van der Waals surface area contributed by atoms with Crippen LogP contribution in [0.2, 0.25) is 0 Å². The largest absolute Gasteiger partial charge is 0.472 e. The third-order valence-corrected chi connectivity index (χ3v) is 2.02. The van der Waals surface area contributed by atoms with Gasteiger partial charge in [-0.3, -0.25) is 9.78 Å². The van der Waals surface area contributed by atoms with Crippen molar-refractivity contribution in [1.82, 2.24) is 9.55 Å². The maximum atomic E-state index is 11.6. The molecule has 0 aliphatic rings. The van der Waals surface area contributed by atoms with Crippen LogP contribution in [0.5, 0.6) is 0 Å². The summed E-state index contributed by atoms with van der Waals surface area (Å²) in [4.78, 5) is 15.5. The average Bonchev–Trinajstić information content (AvgIpc) is 2.66. The number of aryl methyl sites for hydroxylation is 1. The lowest BCUT2D eigenvalue weighted by Crippen LogP contribution is -2.22. The molecule has 4 heteroatoms. The zero-order valence-corrected chi connectivity index (χ0v) is 7.80. The second-order valence-electron chi connectivity index (χ2n) is 3.08. The van der Waals surface area contributed by atoms with Gasteiger partial charge >= 0.3 is 0 Å². The van der Waals surface area contributed by atoms with Crippen LogP contribution in [0.15, 0.2) is 40.2 Å². The molecule has 14 heavy (non-hydrogen) atoms. The smallest absolute Gasteiger partial charge is 0.272 e. The van der Waals surface area contributed by atoms with Crippen molar-refractivity contribution in [1.29, 1.82) is 0 Å². The molecule has 2 rings (SSSR count). The minimum absolute atomic E-state index is 0.0614. The minimum Gasteiger partial charge on any atom is -0.472 e. The molecule has 2 aromatic heterocycles. The van der Waals surface area contributed by atoms with Crippen LogP contribution in [0.4, 0.5) is 0 Å². The van der Waals surface area contributed by atoms with Gasteiger partial charge in [-0.25, -0.2) is 0 Å². The van der Waals surface area contributed by atoms with Gasteiger partial charge in [-0.05, 0) is 13.0 Å². The first-order valence-corrected chi connectivity index (χ1v) is 4.30. The van der Waals surface area contributed by atoms with Crippen molar-refractivity contribution < 1.29 is 4.42 Å². The van der Waals surface area contributed by atoms with Crippen molar-refractivity contribution in [3.8, 4) is 0 Å². The molecule has 0 radical (unpaired) electrons. The van der Waals surface area contributed by atoms with Crippen molar-refractivity contribution in [2.24, 2.45) is 0 Å². The van der Waals surface area contributed by atoms with Gasteiger partial charge in [0.2, 0.25) is 0 Å². The van der Waals surface area contributed by atoms with E-state index in [1.165, 1.54) is 0 Å². The number of furan rings is 1. The number of rotatable bonds is 2. The van der Waals surface area contributed by atoms with Crippen LogP contribution in [0.3, 0.4) is 0 Å². The molecule has 0 saturated carbocycles. The molecule has 0 aromatic carbocycles. The van der Waals surface area contributed by atoms with Crippen LogP contribution in [0.25, 0.3) is 0 Å². The fourth-order valence-corrected chi connectivity index (χ4v) is 1.26. The Kier molecular flexibility index (Phi) is 2.18. The van der Waals surface area contributed by atoms with E-state index in [1.807, 2.05) is 6.07 Å². The van der Waals surface area contributed by atoms with Gasteiger partial charge in [0.15, 0.2) is 0 Å².